The number of halogens is 1. The summed E-state index contributed by atoms with van der Waals surface area (Å²) in [4.78, 5) is 23.5. The summed E-state index contributed by atoms with van der Waals surface area (Å²) < 4.78 is 21.9. The van der Waals surface area contributed by atoms with Gasteiger partial charge in [0.15, 0.2) is 5.69 Å². The van der Waals surface area contributed by atoms with Crippen molar-refractivity contribution in [3.8, 4) is 22.8 Å². The van der Waals surface area contributed by atoms with Crippen LogP contribution in [-0.4, -0.2) is 46.6 Å². The maximum absolute atomic E-state index is 14.6. The van der Waals surface area contributed by atoms with Crippen LogP contribution in [0.15, 0.2) is 42.5 Å². The Morgan fingerprint density at radius 1 is 1.21 bits per heavy atom. The van der Waals surface area contributed by atoms with E-state index in [1.165, 1.54) is 12.1 Å². The third kappa shape index (κ3) is 4.03. The van der Waals surface area contributed by atoms with Crippen LogP contribution in [0.25, 0.3) is 21.9 Å². The summed E-state index contributed by atoms with van der Waals surface area (Å²) in [6.45, 7) is 8.31. The van der Waals surface area contributed by atoms with Gasteiger partial charge in [0.1, 0.15) is 17.4 Å². The van der Waals surface area contributed by atoms with Crippen LogP contribution in [0.1, 0.15) is 47.8 Å². The van der Waals surface area contributed by atoms with Crippen molar-refractivity contribution in [2.75, 3.05) is 20.2 Å². The Morgan fingerprint density at radius 2 is 1.97 bits per heavy atom. The van der Waals surface area contributed by atoms with Crippen LogP contribution in [0, 0.1) is 12.4 Å². The van der Waals surface area contributed by atoms with Crippen molar-refractivity contribution in [3.05, 3.63) is 71.1 Å². The molecule has 7 nitrogen and oxygen atoms in total. The lowest BCUT2D eigenvalue weighted by atomic mass is 10.1. The summed E-state index contributed by atoms with van der Waals surface area (Å²) in [5.74, 6) is 0.646. The van der Waals surface area contributed by atoms with Crippen molar-refractivity contribution >= 4 is 11.6 Å². The number of ether oxygens (including phenoxy) is 1. The number of amides is 1. The van der Waals surface area contributed by atoms with E-state index in [4.69, 9.17) is 22.0 Å². The molecular formula is C26H26FN5O2. The SMILES string of the molecule is [C-]#[N+]c1ccc(-c2nc(C(=O)N3CCC[C@H](N)C3)c(C3CC3)n2-c2ccc(OC)cc2)cc1F. The summed E-state index contributed by atoms with van der Waals surface area (Å²) in [6, 6.07) is 11.9. The highest BCUT2D eigenvalue weighted by Gasteiger charge is 2.37. The smallest absolute Gasteiger partial charge is 0.274 e. The molecule has 2 aliphatic rings. The van der Waals surface area contributed by atoms with Crippen LogP contribution < -0.4 is 10.5 Å². The number of imidazole rings is 1. The van der Waals surface area contributed by atoms with Gasteiger partial charge in [-0.1, -0.05) is 12.1 Å². The third-order valence-electron chi connectivity index (χ3n) is 6.48. The van der Waals surface area contributed by atoms with Gasteiger partial charge in [-0.05, 0) is 56.0 Å². The largest absolute Gasteiger partial charge is 0.497 e. The lowest BCUT2D eigenvalue weighted by molar-refractivity contribution is 0.0702. The molecule has 1 amide bonds. The predicted molar refractivity (Wildman–Crippen MR) is 127 cm³/mol. The summed E-state index contributed by atoms with van der Waals surface area (Å²) in [5, 5.41) is 0. The van der Waals surface area contributed by atoms with Crippen LogP contribution >= 0.6 is 0 Å². The molecular weight excluding hydrogens is 433 g/mol. The Kier molecular flexibility index (Phi) is 5.80. The van der Waals surface area contributed by atoms with Gasteiger partial charge >= 0.3 is 0 Å². The second kappa shape index (κ2) is 8.92. The highest BCUT2D eigenvalue weighted by atomic mass is 19.1. The van der Waals surface area contributed by atoms with Crippen LogP contribution in [0.5, 0.6) is 5.75 Å². The molecule has 0 bridgehead atoms. The summed E-state index contributed by atoms with van der Waals surface area (Å²) in [6.07, 6.45) is 3.69. The number of hydrogen-bond acceptors (Lipinski definition) is 4. The van der Waals surface area contributed by atoms with E-state index in [-0.39, 0.29) is 23.6 Å². The lowest BCUT2D eigenvalue weighted by Crippen LogP contribution is -2.46. The van der Waals surface area contributed by atoms with E-state index in [0.29, 0.717) is 35.9 Å². The first-order valence-corrected chi connectivity index (χ1v) is 11.5. The first kappa shape index (κ1) is 22.1. The Labute approximate surface area is 197 Å². The number of hydrogen-bond donors (Lipinski definition) is 1. The van der Waals surface area contributed by atoms with Gasteiger partial charge in [0.25, 0.3) is 5.91 Å². The summed E-state index contributed by atoms with van der Waals surface area (Å²) in [5.41, 5.74) is 8.67. The zero-order chi connectivity index (χ0) is 23.8. The van der Waals surface area contributed by atoms with Gasteiger partial charge in [-0.2, -0.15) is 0 Å². The molecule has 2 aromatic carbocycles. The van der Waals surface area contributed by atoms with Crippen molar-refractivity contribution < 1.29 is 13.9 Å². The first-order valence-electron chi connectivity index (χ1n) is 11.5. The zero-order valence-electron chi connectivity index (χ0n) is 19.0. The molecule has 5 rings (SSSR count). The fourth-order valence-corrected chi connectivity index (χ4v) is 4.59. The topological polar surface area (TPSA) is 77.7 Å². The van der Waals surface area contributed by atoms with Gasteiger partial charge in [-0.3, -0.25) is 9.36 Å². The van der Waals surface area contributed by atoms with Crippen LogP contribution in [0.3, 0.4) is 0 Å². The van der Waals surface area contributed by atoms with Crippen LogP contribution in [-0.2, 0) is 0 Å². The van der Waals surface area contributed by atoms with E-state index in [0.717, 1.165) is 37.1 Å². The minimum absolute atomic E-state index is 0.0412. The molecule has 0 unspecified atom stereocenters. The number of likely N-dealkylation sites (tertiary alicyclic amines) is 1. The molecule has 174 valence electrons. The highest BCUT2D eigenvalue weighted by molar-refractivity contribution is 5.95. The molecule has 1 saturated heterocycles. The molecule has 2 fully saturated rings. The molecule has 34 heavy (non-hydrogen) atoms. The van der Waals surface area contributed by atoms with E-state index in [1.54, 1.807) is 18.1 Å². The van der Waals surface area contributed by atoms with E-state index < -0.39 is 5.82 Å². The third-order valence-corrected chi connectivity index (χ3v) is 6.48. The van der Waals surface area contributed by atoms with Gasteiger partial charge in [0.05, 0.1) is 19.4 Å². The number of carbonyl (C=O) groups excluding carboxylic acids is 1. The molecule has 1 atom stereocenters. The van der Waals surface area contributed by atoms with E-state index in [2.05, 4.69) is 4.85 Å². The van der Waals surface area contributed by atoms with Crippen molar-refractivity contribution in [2.45, 2.75) is 37.6 Å². The molecule has 0 radical (unpaired) electrons. The molecule has 2 N–H and O–H groups in total. The predicted octanol–water partition coefficient (Wildman–Crippen LogP) is 4.68. The number of nitrogens with two attached hydrogens (primary N) is 1. The number of piperidine rings is 1. The number of carbonyl (C=O) groups is 1. The molecule has 2 heterocycles. The molecule has 1 aromatic heterocycles. The Bertz CT molecular complexity index is 1270. The summed E-state index contributed by atoms with van der Waals surface area (Å²) in [7, 11) is 1.61. The number of benzene rings is 2. The van der Waals surface area contributed by atoms with Crippen molar-refractivity contribution in [1.29, 1.82) is 0 Å². The normalized spacial score (nSPS) is 17.9. The number of aromatic nitrogens is 2. The maximum atomic E-state index is 14.6. The van der Waals surface area contributed by atoms with Crippen molar-refractivity contribution in [2.24, 2.45) is 5.73 Å². The molecule has 1 aliphatic heterocycles. The van der Waals surface area contributed by atoms with Gasteiger partial charge in [0, 0.05) is 36.3 Å². The average Bonchev–Trinajstić information content (AvgIpc) is 3.62. The average molecular weight is 460 g/mol. The Morgan fingerprint density at radius 3 is 2.59 bits per heavy atom. The number of rotatable bonds is 5. The van der Waals surface area contributed by atoms with Gasteiger partial charge < -0.3 is 15.4 Å². The first-order chi connectivity index (χ1) is 16.5. The standard InChI is InChI=1S/C26H26FN5O2/c1-29-22-12-7-17(14-21(22)27)25-30-23(26(33)31-13-3-4-18(28)15-31)24(16-5-6-16)32(25)19-8-10-20(34-2)11-9-19/h7-12,14,16,18H,3-6,13,15,28H2,2H3/t18-/m0/s1. The molecule has 8 heteroatoms. The lowest BCUT2D eigenvalue weighted by Gasteiger charge is -2.30. The molecule has 3 aromatic rings. The highest BCUT2D eigenvalue weighted by Crippen LogP contribution is 2.45. The second-order valence-corrected chi connectivity index (χ2v) is 8.91. The van der Waals surface area contributed by atoms with Gasteiger partial charge in [-0.15, -0.1) is 0 Å². The van der Waals surface area contributed by atoms with Gasteiger partial charge in [-0.25, -0.2) is 14.2 Å². The van der Waals surface area contributed by atoms with E-state index >= 15 is 0 Å². The minimum Gasteiger partial charge on any atom is -0.497 e. The van der Waals surface area contributed by atoms with E-state index in [9.17, 15) is 9.18 Å². The fraction of sp³-hybridized carbons (Fsp3) is 0.346. The molecule has 1 saturated carbocycles. The molecule has 1 aliphatic carbocycles. The van der Waals surface area contributed by atoms with E-state index in [1.807, 2.05) is 28.8 Å². The minimum atomic E-state index is -0.611. The fourth-order valence-electron chi connectivity index (χ4n) is 4.59. The quantitative estimate of drug-likeness (QED) is 0.562. The van der Waals surface area contributed by atoms with Gasteiger partial charge in [0.2, 0.25) is 5.69 Å². The monoisotopic (exact) mass is 459 g/mol. The number of methoxy groups -OCH3 is 1. The summed E-state index contributed by atoms with van der Waals surface area (Å²) >= 11 is 0. The second-order valence-electron chi connectivity index (χ2n) is 8.91. The zero-order valence-corrected chi connectivity index (χ0v) is 19.0. The maximum Gasteiger partial charge on any atom is 0.274 e. The Hall–Kier alpha value is -3.70. The Balaban J connectivity index is 1.69. The number of nitrogens with zero attached hydrogens (tertiary/aromatic N) is 4. The van der Waals surface area contributed by atoms with Crippen LogP contribution in [0.4, 0.5) is 10.1 Å². The molecule has 0 spiro atoms. The van der Waals surface area contributed by atoms with Crippen molar-refractivity contribution in [1.82, 2.24) is 14.5 Å². The van der Waals surface area contributed by atoms with Crippen molar-refractivity contribution in [3.63, 3.8) is 0 Å². The van der Waals surface area contributed by atoms with Crippen LogP contribution in [0.2, 0.25) is 0 Å².